The molecule has 0 bridgehead atoms. The average molecular weight is 442 g/mol. The van der Waals surface area contributed by atoms with E-state index < -0.39 is 10.0 Å². The molecule has 0 spiro atoms. The molecule has 1 fully saturated rings. The summed E-state index contributed by atoms with van der Waals surface area (Å²) in [5.41, 5.74) is 1.65. The van der Waals surface area contributed by atoms with E-state index >= 15 is 0 Å². The molecule has 4 heterocycles. The van der Waals surface area contributed by atoms with Crippen LogP contribution in [0.4, 0.5) is 11.6 Å². The summed E-state index contributed by atoms with van der Waals surface area (Å²) in [5, 5.41) is 7.61. The van der Waals surface area contributed by atoms with Gasteiger partial charge < -0.3 is 9.88 Å². The number of nitrogens with one attached hydrogen (secondary N) is 1. The van der Waals surface area contributed by atoms with Crippen LogP contribution in [0.5, 0.6) is 0 Å². The molecular formula is C19H23N9O2S. The van der Waals surface area contributed by atoms with Crippen LogP contribution in [0.3, 0.4) is 0 Å². The van der Waals surface area contributed by atoms with Crippen molar-refractivity contribution in [3.63, 3.8) is 0 Å². The minimum Gasteiger partial charge on any atom is -0.351 e. The first kappa shape index (κ1) is 21.0. The molecule has 4 rings (SSSR count). The van der Waals surface area contributed by atoms with E-state index in [4.69, 9.17) is 6.57 Å². The first-order valence-electron chi connectivity index (χ1n) is 9.92. The van der Waals surface area contributed by atoms with Gasteiger partial charge in [-0.3, -0.25) is 4.68 Å². The number of hydrogen-bond donors (Lipinski definition) is 1. The van der Waals surface area contributed by atoms with Crippen molar-refractivity contribution in [3.05, 3.63) is 42.5 Å². The molecule has 31 heavy (non-hydrogen) atoms. The Morgan fingerprint density at radius 3 is 2.61 bits per heavy atom. The molecule has 3 aromatic rings. The summed E-state index contributed by atoms with van der Waals surface area (Å²) < 4.78 is 30.3. The molecule has 0 aliphatic carbocycles. The molecule has 1 saturated heterocycles. The van der Waals surface area contributed by atoms with Crippen molar-refractivity contribution in [2.24, 2.45) is 7.05 Å². The van der Waals surface area contributed by atoms with Gasteiger partial charge in [0.1, 0.15) is 0 Å². The Hall–Kier alpha value is -3.30. The Balaban J connectivity index is 1.45. The average Bonchev–Trinajstić information content (AvgIpc) is 3.43. The smallest absolute Gasteiger partial charge is 0.262 e. The topological polar surface area (TPSA) is 115 Å². The molecule has 1 N–H and O–H groups in total. The van der Waals surface area contributed by atoms with Gasteiger partial charge >= 0.3 is 0 Å². The summed E-state index contributed by atoms with van der Waals surface area (Å²) in [6, 6.07) is 0.0280. The number of aryl methyl sites for hydroxylation is 2. The molecule has 0 amide bonds. The van der Waals surface area contributed by atoms with E-state index in [0.717, 1.165) is 12.1 Å². The predicted molar refractivity (Wildman–Crippen MR) is 114 cm³/mol. The van der Waals surface area contributed by atoms with Gasteiger partial charge in [-0.05, 0) is 19.8 Å². The molecule has 0 radical (unpaired) electrons. The SMILES string of the molecule is [C-]#[N+]c1cnc(NC2CCN(S(=O)(=O)c3cn(C)cn3)CC2)nc1-c1cnn(CC)c1. The number of nitrogens with zero attached hydrogens (tertiary/aromatic N) is 8. The van der Waals surface area contributed by atoms with Crippen LogP contribution in [-0.2, 0) is 23.6 Å². The molecule has 12 heteroatoms. The molecule has 11 nitrogen and oxygen atoms in total. The fourth-order valence-corrected chi connectivity index (χ4v) is 4.91. The first-order chi connectivity index (χ1) is 14.9. The molecule has 1 aliphatic heterocycles. The molecule has 0 aromatic carbocycles. The molecule has 162 valence electrons. The van der Waals surface area contributed by atoms with Crippen LogP contribution in [0.15, 0.2) is 36.1 Å². The summed E-state index contributed by atoms with van der Waals surface area (Å²) in [5.74, 6) is 0.415. The van der Waals surface area contributed by atoms with Gasteiger partial charge in [0.05, 0.1) is 24.8 Å². The lowest BCUT2D eigenvalue weighted by molar-refractivity contribution is 0.328. The Bertz CT molecular complexity index is 1220. The highest BCUT2D eigenvalue weighted by atomic mass is 32.2. The number of sulfonamides is 1. The normalized spacial score (nSPS) is 15.6. The maximum absolute atomic E-state index is 12.7. The van der Waals surface area contributed by atoms with Crippen LogP contribution in [-0.4, -0.2) is 61.2 Å². The van der Waals surface area contributed by atoms with E-state index in [1.165, 1.54) is 23.0 Å². The number of imidazole rings is 1. The Morgan fingerprint density at radius 2 is 2.00 bits per heavy atom. The lowest BCUT2D eigenvalue weighted by atomic mass is 10.1. The van der Waals surface area contributed by atoms with Crippen LogP contribution in [0.2, 0.25) is 0 Å². The lowest BCUT2D eigenvalue weighted by Gasteiger charge is -2.31. The van der Waals surface area contributed by atoms with Crippen molar-refractivity contribution >= 4 is 21.7 Å². The third-order valence-corrected chi connectivity index (χ3v) is 6.98. The molecule has 0 unspecified atom stereocenters. The van der Waals surface area contributed by atoms with Crippen LogP contribution < -0.4 is 5.32 Å². The van der Waals surface area contributed by atoms with E-state index in [1.54, 1.807) is 22.5 Å². The molecule has 0 saturated carbocycles. The van der Waals surface area contributed by atoms with Crippen molar-refractivity contribution in [2.45, 2.75) is 37.4 Å². The number of rotatable bonds is 6. The largest absolute Gasteiger partial charge is 0.351 e. The van der Waals surface area contributed by atoms with Gasteiger partial charge in [0.25, 0.3) is 10.0 Å². The van der Waals surface area contributed by atoms with E-state index in [0.29, 0.717) is 43.3 Å². The molecule has 0 atom stereocenters. The third-order valence-electron chi connectivity index (χ3n) is 5.19. The minimum atomic E-state index is -3.59. The zero-order chi connectivity index (χ0) is 22.0. The summed E-state index contributed by atoms with van der Waals surface area (Å²) >= 11 is 0. The van der Waals surface area contributed by atoms with Crippen LogP contribution in [0.25, 0.3) is 16.1 Å². The van der Waals surface area contributed by atoms with Crippen molar-refractivity contribution < 1.29 is 8.42 Å². The van der Waals surface area contributed by atoms with E-state index in [-0.39, 0.29) is 11.1 Å². The fourth-order valence-electron chi connectivity index (χ4n) is 3.48. The van der Waals surface area contributed by atoms with Gasteiger partial charge in [0, 0.05) is 56.9 Å². The van der Waals surface area contributed by atoms with Gasteiger partial charge in [-0.1, -0.05) is 0 Å². The Morgan fingerprint density at radius 1 is 1.23 bits per heavy atom. The van der Waals surface area contributed by atoms with Crippen LogP contribution in [0.1, 0.15) is 19.8 Å². The Kier molecular flexibility index (Phi) is 5.71. The highest BCUT2D eigenvalue weighted by Crippen LogP contribution is 2.29. The van der Waals surface area contributed by atoms with Crippen molar-refractivity contribution in [1.29, 1.82) is 0 Å². The summed E-state index contributed by atoms with van der Waals surface area (Å²) in [6.07, 6.45) is 9.25. The van der Waals surface area contributed by atoms with Crippen molar-refractivity contribution in [2.75, 3.05) is 18.4 Å². The maximum Gasteiger partial charge on any atom is 0.262 e. The van der Waals surface area contributed by atoms with Gasteiger partial charge in [-0.25, -0.2) is 28.2 Å². The Labute approximate surface area is 180 Å². The third kappa shape index (κ3) is 4.28. The number of piperidine rings is 1. The van der Waals surface area contributed by atoms with Gasteiger partial charge in [0.2, 0.25) is 11.6 Å². The summed E-state index contributed by atoms with van der Waals surface area (Å²) in [6.45, 7) is 10.9. The first-order valence-corrected chi connectivity index (χ1v) is 11.4. The minimum absolute atomic E-state index is 0.0280. The molecular weight excluding hydrogens is 418 g/mol. The second kappa shape index (κ2) is 8.44. The summed E-state index contributed by atoms with van der Waals surface area (Å²) in [4.78, 5) is 16.3. The fraction of sp³-hybridized carbons (Fsp3) is 0.421. The van der Waals surface area contributed by atoms with E-state index in [1.807, 2.05) is 13.1 Å². The zero-order valence-electron chi connectivity index (χ0n) is 17.3. The van der Waals surface area contributed by atoms with Gasteiger partial charge in [0.15, 0.2) is 5.03 Å². The second-order valence-electron chi connectivity index (χ2n) is 7.32. The maximum atomic E-state index is 12.7. The van der Waals surface area contributed by atoms with E-state index in [2.05, 4.69) is 30.2 Å². The quantitative estimate of drug-likeness (QED) is 0.581. The van der Waals surface area contributed by atoms with E-state index in [9.17, 15) is 8.42 Å². The van der Waals surface area contributed by atoms with Crippen LogP contribution in [0, 0.1) is 6.57 Å². The van der Waals surface area contributed by atoms with Crippen molar-refractivity contribution in [1.82, 2.24) is 33.6 Å². The van der Waals surface area contributed by atoms with Gasteiger partial charge in [-0.2, -0.15) is 9.40 Å². The number of anilines is 1. The highest BCUT2D eigenvalue weighted by molar-refractivity contribution is 7.89. The van der Waals surface area contributed by atoms with Gasteiger partial charge in [-0.15, -0.1) is 0 Å². The molecule has 3 aromatic heterocycles. The monoisotopic (exact) mass is 441 g/mol. The number of hydrogen-bond acceptors (Lipinski definition) is 7. The lowest BCUT2D eigenvalue weighted by Crippen LogP contribution is -2.42. The second-order valence-corrected chi connectivity index (χ2v) is 9.21. The highest BCUT2D eigenvalue weighted by Gasteiger charge is 2.31. The predicted octanol–water partition coefficient (Wildman–Crippen LogP) is 1.91. The van der Waals surface area contributed by atoms with Crippen LogP contribution >= 0.6 is 0 Å². The number of aromatic nitrogens is 6. The zero-order valence-corrected chi connectivity index (χ0v) is 18.1. The summed E-state index contributed by atoms with van der Waals surface area (Å²) in [7, 11) is -1.85. The molecule has 1 aliphatic rings. The standard InChI is InChI=1S/C19H23N9O2S/c1-4-27-11-14(9-23-27)18-16(20-2)10-21-19(25-18)24-15-5-7-28(8-6-15)31(29,30)17-12-26(3)13-22-17/h9-13,15H,4-8H2,1,3H3,(H,21,24,25). The van der Waals surface area contributed by atoms with Crippen molar-refractivity contribution in [3.8, 4) is 11.3 Å².